The molecular formula is C37H58O8. The monoisotopic (exact) mass is 630 g/mol. The fourth-order valence-electron chi connectivity index (χ4n) is 13.4. The highest BCUT2D eigenvalue weighted by molar-refractivity contribution is 5.79. The van der Waals surface area contributed by atoms with Crippen molar-refractivity contribution in [2.75, 3.05) is 0 Å². The third-order valence-electron chi connectivity index (χ3n) is 15.6. The van der Waals surface area contributed by atoms with Crippen LogP contribution in [0.15, 0.2) is 0 Å². The fourth-order valence-corrected chi connectivity index (χ4v) is 13.4. The molecule has 14 atom stereocenters. The summed E-state index contributed by atoms with van der Waals surface area (Å²) < 4.78 is 23.6. The molecule has 5 aliphatic carbocycles. The summed E-state index contributed by atoms with van der Waals surface area (Å²) in [5, 5.41) is 23.5. The van der Waals surface area contributed by atoms with Crippen molar-refractivity contribution in [3.8, 4) is 0 Å². The predicted molar refractivity (Wildman–Crippen MR) is 166 cm³/mol. The summed E-state index contributed by atoms with van der Waals surface area (Å²) in [6.45, 7) is 18.6. The van der Waals surface area contributed by atoms with Crippen LogP contribution in [0.3, 0.4) is 0 Å². The smallest absolute Gasteiger partial charge is 0.348 e. The van der Waals surface area contributed by atoms with Gasteiger partial charge in [0.15, 0.2) is 6.29 Å². The molecule has 0 radical (unpaired) electrons. The predicted octanol–water partition coefficient (Wildman–Crippen LogP) is 5.80. The van der Waals surface area contributed by atoms with Gasteiger partial charge in [0.2, 0.25) is 6.10 Å². The Morgan fingerprint density at radius 3 is 2.22 bits per heavy atom. The molecule has 8 heteroatoms. The van der Waals surface area contributed by atoms with Crippen LogP contribution in [-0.4, -0.2) is 64.6 Å². The minimum atomic E-state index is -0.912. The third-order valence-corrected chi connectivity index (χ3v) is 15.6. The second-order valence-electron chi connectivity index (χ2n) is 18.4. The molecule has 0 unspecified atom stereocenters. The van der Waals surface area contributed by atoms with Crippen molar-refractivity contribution >= 4 is 11.9 Å². The molecule has 254 valence electrons. The molecule has 5 saturated carbocycles. The first-order chi connectivity index (χ1) is 20.9. The lowest BCUT2D eigenvalue weighted by Gasteiger charge is -2.68. The van der Waals surface area contributed by atoms with E-state index < -0.39 is 30.4 Å². The molecule has 2 saturated heterocycles. The van der Waals surface area contributed by atoms with E-state index in [-0.39, 0.29) is 68.7 Å². The largest absolute Gasteiger partial charge is 0.459 e. The average Bonchev–Trinajstić information content (AvgIpc) is 3.69. The lowest BCUT2D eigenvalue weighted by atomic mass is 9.37. The van der Waals surface area contributed by atoms with Crippen LogP contribution in [0.5, 0.6) is 0 Å². The summed E-state index contributed by atoms with van der Waals surface area (Å²) in [6.07, 6.45) is 6.58. The number of carbonyl (C=O) groups is 2. The second kappa shape index (κ2) is 9.92. The van der Waals surface area contributed by atoms with Gasteiger partial charge in [-0.15, -0.1) is 0 Å². The summed E-state index contributed by atoms with van der Waals surface area (Å²) in [4.78, 5) is 25.0. The first kappa shape index (κ1) is 32.3. The van der Waals surface area contributed by atoms with Crippen LogP contribution in [0.4, 0.5) is 0 Å². The number of hydrogen-bond acceptors (Lipinski definition) is 8. The molecule has 0 bridgehead atoms. The van der Waals surface area contributed by atoms with Crippen molar-refractivity contribution in [3.05, 3.63) is 0 Å². The molecule has 2 N–H and O–H groups in total. The summed E-state index contributed by atoms with van der Waals surface area (Å²) in [5.41, 5.74) is -0.383. The fraction of sp³-hybridized carbons (Fsp3) is 0.946. The SMILES string of the molecule is CC(=O)O[C@H](C(=O)O[C@H]1CC[C@]2(C)[C@H]3CC[C@]45C[C@]4(CC[C@H]5[C@@H]4C[C@H]([C@H]5OC5(C)C)O[C@H]4O)[C@]3(C)[C@H](O)C[C@H]2C1(C)C)C(C)C. The van der Waals surface area contributed by atoms with E-state index in [1.807, 2.05) is 13.8 Å². The number of ether oxygens (including phenoxy) is 4. The van der Waals surface area contributed by atoms with Gasteiger partial charge in [-0.1, -0.05) is 41.5 Å². The molecule has 7 rings (SSSR count). The minimum absolute atomic E-state index is 0.0191. The van der Waals surface area contributed by atoms with Gasteiger partial charge < -0.3 is 29.2 Å². The van der Waals surface area contributed by atoms with Crippen molar-refractivity contribution in [1.29, 1.82) is 0 Å². The van der Waals surface area contributed by atoms with Crippen molar-refractivity contribution in [3.63, 3.8) is 0 Å². The minimum Gasteiger partial charge on any atom is -0.459 e. The lowest BCUT2D eigenvalue weighted by Crippen LogP contribution is -2.66. The molecule has 0 aromatic heterocycles. The molecule has 0 aromatic carbocycles. The Bertz CT molecular complexity index is 1240. The van der Waals surface area contributed by atoms with Gasteiger partial charge in [0.25, 0.3) is 0 Å². The van der Waals surface area contributed by atoms with Gasteiger partial charge in [-0.05, 0) is 106 Å². The van der Waals surface area contributed by atoms with E-state index in [0.717, 1.165) is 51.4 Å². The van der Waals surface area contributed by atoms with Gasteiger partial charge >= 0.3 is 11.9 Å². The first-order valence-electron chi connectivity index (χ1n) is 17.9. The Morgan fingerprint density at radius 2 is 1.60 bits per heavy atom. The van der Waals surface area contributed by atoms with Crippen LogP contribution in [0.25, 0.3) is 0 Å². The number of epoxide rings is 1. The van der Waals surface area contributed by atoms with Crippen LogP contribution in [0.2, 0.25) is 0 Å². The maximum Gasteiger partial charge on any atom is 0.348 e. The number of aliphatic hydroxyl groups excluding tert-OH is 2. The highest BCUT2D eigenvalue weighted by atomic mass is 16.7. The van der Waals surface area contributed by atoms with E-state index in [2.05, 4.69) is 41.5 Å². The molecule has 0 amide bonds. The van der Waals surface area contributed by atoms with E-state index in [0.29, 0.717) is 18.3 Å². The lowest BCUT2D eigenvalue weighted by molar-refractivity contribution is -0.248. The summed E-state index contributed by atoms with van der Waals surface area (Å²) in [5.74, 6) is 0.0183. The Balaban J connectivity index is 1.11. The van der Waals surface area contributed by atoms with Gasteiger partial charge in [-0.3, -0.25) is 4.79 Å². The highest BCUT2D eigenvalue weighted by Gasteiger charge is 2.86. The zero-order valence-corrected chi connectivity index (χ0v) is 29.1. The number of esters is 2. The maximum absolute atomic E-state index is 13.3. The van der Waals surface area contributed by atoms with Crippen LogP contribution in [0.1, 0.15) is 120 Å². The zero-order chi connectivity index (χ0) is 32.7. The number of hydrogen-bond donors (Lipinski definition) is 2. The third kappa shape index (κ3) is 4.22. The van der Waals surface area contributed by atoms with Gasteiger partial charge in [0.05, 0.1) is 17.8 Å². The molecule has 45 heavy (non-hydrogen) atoms. The molecule has 8 nitrogen and oxygen atoms in total. The Labute approximate surface area is 269 Å². The molecule has 7 fully saturated rings. The standard InChI is InChI=1S/C37H58O8/c1-19(2)28(42-20(3)38)31(41)44-27-12-13-34(8)24-11-14-36-18-37(36,35(24,9)26(39)17-25(34)32(27,4)5)15-10-22(36)21-16-23(43-30(21)40)29-33(6,7)45-29/h19,21-30,39-40H,10-18H2,1-9H3/t21-,22-,23+,24+,25-,26+,27-,28-,29+,30+,34+,35-,36+,37+/m0/s1. The van der Waals surface area contributed by atoms with Gasteiger partial charge in [0.1, 0.15) is 12.2 Å². The van der Waals surface area contributed by atoms with Crippen LogP contribution < -0.4 is 0 Å². The second-order valence-corrected chi connectivity index (χ2v) is 18.4. The van der Waals surface area contributed by atoms with Gasteiger partial charge in [-0.25, -0.2) is 4.79 Å². The molecule has 7 aliphatic rings. The topological polar surface area (TPSA) is 115 Å². The number of rotatable bonds is 6. The van der Waals surface area contributed by atoms with Crippen LogP contribution >= 0.6 is 0 Å². The summed E-state index contributed by atoms with van der Waals surface area (Å²) >= 11 is 0. The van der Waals surface area contributed by atoms with Crippen molar-refractivity contribution in [2.24, 2.45) is 56.7 Å². The highest BCUT2D eigenvalue weighted by Crippen LogP contribution is 2.91. The Hall–Kier alpha value is -1.22. The van der Waals surface area contributed by atoms with Gasteiger partial charge in [-0.2, -0.15) is 0 Å². The maximum atomic E-state index is 13.3. The number of aliphatic hydroxyl groups is 2. The Morgan fingerprint density at radius 1 is 0.911 bits per heavy atom. The molecule has 0 spiro atoms. The molecule has 2 heterocycles. The normalized spacial score (nSPS) is 52.6. The van der Waals surface area contributed by atoms with Crippen LogP contribution in [0, 0.1) is 56.7 Å². The van der Waals surface area contributed by atoms with E-state index >= 15 is 0 Å². The van der Waals surface area contributed by atoms with Crippen molar-refractivity contribution < 1.29 is 38.7 Å². The Kier molecular flexibility index (Phi) is 7.12. The average molecular weight is 631 g/mol. The van der Waals surface area contributed by atoms with E-state index in [9.17, 15) is 19.8 Å². The number of carbonyl (C=O) groups excluding carboxylic acids is 2. The van der Waals surface area contributed by atoms with E-state index in [1.165, 1.54) is 6.92 Å². The van der Waals surface area contributed by atoms with Crippen molar-refractivity contribution in [2.45, 2.75) is 163 Å². The van der Waals surface area contributed by atoms with Crippen LogP contribution in [-0.2, 0) is 28.5 Å². The van der Waals surface area contributed by atoms with E-state index in [4.69, 9.17) is 18.9 Å². The summed E-state index contributed by atoms with van der Waals surface area (Å²) in [6, 6.07) is 0. The quantitative estimate of drug-likeness (QED) is 0.280. The summed E-state index contributed by atoms with van der Waals surface area (Å²) in [7, 11) is 0. The van der Waals surface area contributed by atoms with Crippen molar-refractivity contribution in [1.82, 2.24) is 0 Å². The number of fused-ring (bicyclic) bond motifs is 3. The first-order valence-corrected chi connectivity index (χ1v) is 17.9. The van der Waals surface area contributed by atoms with Gasteiger partial charge in [0, 0.05) is 29.6 Å². The molecular weight excluding hydrogens is 572 g/mol. The zero-order valence-electron chi connectivity index (χ0n) is 29.1. The molecule has 2 aliphatic heterocycles. The molecule has 0 aromatic rings. The van der Waals surface area contributed by atoms with E-state index in [1.54, 1.807) is 0 Å².